The van der Waals surface area contributed by atoms with Crippen molar-refractivity contribution in [3.05, 3.63) is 0 Å². The molecule has 0 fully saturated rings. The van der Waals surface area contributed by atoms with Crippen LogP contribution in [0.5, 0.6) is 0 Å². The van der Waals surface area contributed by atoms with Crippen molar-refractivity contribution >= 4 is 0 Å². The minimum atomic E-state index is 0. The molecule has 0 aliphatic heterocycles. The van der Waals surface area contributed by atoms with Crippen LogP contribution in [0.1, 0.15) is 27.7 Å². The van der Waals surface area contributed by atoms with E-state index in [-0.39, 0.29) is 78.8 Å². The minimum absolute atomic E-state index is 0. The zero-order valence-corrected chi connectivity index (χ0v) is 20.0. The van der Waals surface area contributed by atoms with E-state index in [9.17, 15) is 0 Å². The summed E-state index contributed by atoms with van der Waals surface area (Å²) in [6.07, 6.45) is 0. The third kappa shape index (κ3) is 4290. The largest absolute Gasteiger partial charge is 4.00 e. The van der Waals surface area contributed by atoms with Gasteiger partial charge in [-0.25, -0.2) is 0 Å². The molecule has 0 aliphatic carbocycles. The molecule has 0 unspecified atom stereocenters. The second-order valence-corrected chi connectivity index (χ2v) is 1.15. The average Bonchev–Trinajstić information content (AvgIpc) is 2.50. The first-order chi connectivity index (χ1) is 9.66. The van der Waals surface area contributed by atoms with Crippen LogP contribution in [0, 0.1) is 0 Å². The van der Waals surface area contributed by atoms with Crippen molar-refractivity contribution in [2.75, 3.05) is 54.9 Å². The quantitative estimate of drug-likeness (QED) is 0.323. The Balaban J connectivity index is -0.00000000932. The molecule has 0 saturated carbocycles. The molecule has 0 aliphatic rings. The minimum Gasteiger partial charge on any atom is -0.857 e. The van der Waals surface area contributed by atoms with Gasteiger partial charge in [-0.15, -0.1) is 26.4 Å². The van der Waals surface area contributed by atoms with E-state index in [1.165, 1.54) is 0 Å². The smallest absolute Gasteiger partial charge is 0.857 e. The molecule has 0 N–H and O–H groups in total. The van der Waals surface area contributed by atoms with E-state index < -0.39 is 0 Å². The van der Waals surface area contributed by atoms with Crippen molar-refractivity contribution in [2.45, 2.75) is 27.7 Å². The van der Waals surface area contributed by atoms with Gasteiger partial charge >= 0.3 is 52.4 Å². The maximum atomic E-state index is 8.93. The summed E-state index contributed by atoms with van der Waals surface area (Å²) < 4.78 is 0. The molecule has 0 aromatic carbocycles. The first-order valence-corrected chi connectivity index (χ1v) is 5.62. The first kappa shape index (κ1) is 65.3. The Morgan fingerprint density at radius 1 is 0.364 bits per heavy atom. The molecule has 0 aromatic heterocycles. The maximum absolute atomic E-state index is 8.93. The van der Waals surface area contributed by atoms with Crippen LogP contribution in [-0.2, 0) is 52.4 Å². The Hall–Kier alpha value is 1.45. The second kappa shape index (κ2) is 348. The Labute approximate surface area is 175 Å². The fourth-order valence-electron chi connectivity index (χ4n) is 0. The third-order valence-electron chi connectivity index (χ3n) is 0. The third-order valence-corrected chi connectivity index (χ3v) is 0. The summed E-state index contributed by atoms with van der Waals surface area (Å²) in [4.78, 5) is 0. The van der Waals surface area contributed by atoms with Crippen LogP contribution in [0.25, 0.3) is 0 Å². The number of rotatable bonds is 0. The van der Waals surface area contributed by atoms with E-state index in [0.29, 0.717) is 0 Å². The Bertz CT molecular complexity index is 37.1. The van der Waals surface area contributed by atoms with Gasteiger partial charge in [0.2, 0.25) is 0 Å². The van der Waals surface area contributed by atoms with E-state index in [1.54, 1.807) is 27.7 Å². The monoisotopic (exact) mass is 484 g/mol. The summed E-state index contributed by atoms with van der Waals surface area (Å²) in [6, 6.07) is 0. The van der Waals surface area contributed by atoms with E-state index in [0.717, 1.165) is 28.4 Å². The van der Waals surface area contributed by atoms with Gasteiger partial charge in [0.05, 0.1) is 0 Å². The molecule has 0 aromatic rings. The van der Waals surface area contributed by atoms with Gasteiger partial charge in [-0.1, -0.05) is 27.7 Å². The van der Waals surface area contributed by atoms with Crippen LogP contribution in [0.15, 0.2) is 0 Å². The van der Waals surface area contributed by atoms with Gasteiger partial charge in [0.1, 0.15) is 0 Å². The summed E-state index contributed by atoms with van der Waals surface area (Å²) in [6.45, 7) is 6.28. The first-order valence-electron chi connectivity index (χ1n) is 5.62. The van der Waals surface area contributed by atoms with Crippen molar-refractivity contribution < 1.29 is 93.3 Å². The summed E-state index contributed by atoms with van der Waals surface area (Å²) in [5.74, 6) is 0. The summed E-state index contributed by atoms with van der Waals surface area (Å²) in [7, 11) is 3.00. The van der Waals surface area contributed by atoms with Crippen LogP contribution < -0.4 is 40.9 Å². The van der Waals surface area contributed by atoms with Crippen molar-refractivity contribution in [1.29, 1.82) is 0 Å². The summed E-state index contributed by atoms with van der Waals surface area (Å²) in [5.41, 5.74) is 0. The number of hydrogen-bond donors (Lipinski definition) is 0. The van der Waals surface area contributed by atoms with Crippen LogP contribution in [0.4, 0.5) is 0 Å². The van der Waals surface area contributed by atoms with Crippen molar-refractivity contribution in [3.63, 3.8) is 0 Å². The predicted octanol–water partition coefficient (Wildman–Crippen LogP) is -6.63. The molecule has 0 bridgehead atoms. The molecule has 0 saturated heterocycles. The molecule has 8 nitrogen and oxygen atoms in total. The van der Waals surface area contributed by atoms with E-state index >= 15 is 0 Å². The van der Waals surface area contributed by atoms with Crippen molar-refractivity contribution in [2.24, 2.45) is 0 Å². The molecule has 0 heterocycles. The van der Waals surface area contributed by atoms with E-state index in [4.69, 9.17) is 40.9 Å². The molecule has 0 radical (unpaired) electrons. The van der Waals surface area contributed by atoms with Gasteiger partial charge in [-0.2, -0.15) is 28.4 Å². The van der Waals surface area contributed by atoms with Gasteiger partial charge in [0.25, 0.3) is 0 Å². The normalized spacial score (nSPS) is 4.36. The molecule has 0 rings (SSSR count). The van der Waals surface area contributed by atoms with Crippen LogP contribution in [0.2, 0.25) is 0 Å². The van der Waals surface area contributed by atoms with Crippen LogP contribution >= 0.6 is 0 Å². The molecule has 136 valence electrons. The molecular formula is C12H32O8Zr2. The fourth-order valence-corrected chi connectivity index (χ4v) is 0. The van der Waals surface area contributed by atoms with Gasteiger partial charge in [-0.05, 0) is 0 Å². The van der Waals surface area contributed by atoms with Crippen molar-refractivity contribution in [3.8, 4) is 0 Å². The van der Waals surface area contributed by atoms with Gasteiger partial charge < -0.3 is 40.9 Å². The molecule has 22 heavy (non-hydrogen) atoms. The molecular weight excluding hydrogens is 455 g/mol. The predicted molar refractivity (Wildman–Crippen MR) is 65.9 cm³/mol. The zero-order valence-electron chi connectivity index (χ0n) is 15.1. The van der Waals surface area contributed by atoms with Crippen LogP contribution in [0.3, 0.4) is 0 Å². The molecule has 0 spiro atoms. The molecule has 10 heteroatoms. The number of hydrogen-bond acceptors (Lipinski definition) is 8. The SMILES string of the molecule is CC[O-].CC[O-].CC[O-].CC[O-].C[O-].C[O-].C[O-].C[O-].[Zr+4].[Zr+4]. The Morgan fingerprint density at radius 3 is 0.364 bits per heavy atom. The fraction of sp³-hybridized carbons (Fsp3) is 1.00. The van der Waals surface area contributed by atoms with Gasteiger partial charge in [0, 0.05) is 0 Å². The molecule has 0 amide bonds. The summed E-state index contributed by atoms with van der Waals surface area (Å²) >= 11 is 0. The topological polar surface area (TPSA) is 184 Å². The van der Waals surface area contributed by atoms with E-state index in [1.807, 2.05) is 0 Å². The average molecular weight is 487 g/mol. The molecule has 0 atom stereocenters. The van der Waals surface area contributed by atoms with E-state index in [2.05, 4.69) is 0 Å². The Morgan fingerprint density at radius 2 is 0.364 bits per heavy atom. The van der Waals surface area contributed by atoms with Crippen LogP contribution in [-0.4, -0.2) is 54.9 Å². The standard InChI is InChI=1S/4C2H5O.4CH3O.2Zr/c4*1-2-3;4*1-2;;/h4*2H2,1H3;4*1H3;;/q8*-1;2*+4. The van der Waals surface area contributed by atoms with Crippen molar-refractivity contribution in [1.82, 2.24) is 0 Å². The van der Waals surface area contributed by atoms with Gasteiger partial charge in [0.15, 0.2) is 0 Å². The zero-order chi connectivity index (χ0) is 18.8. The maximum Gasteiger partial charge on any atom is 4.00 e. The van der Waals surface area contributed by atoms with Gasteiger partial charge in [-0.3, -0.25) is 0 Å². The second-order valence-electron chi connectivity index (χ2n) is 1.15. The summed E-state index contributed by atoms with van der Waals surface area (Å²) in [5, 5.41) is 68.7. The Kier molecular flexibility index (Phi) is 1030.